The fraction of sp³-hybridized carbons (Fsp3) is 0.333. The van der Waals surface area contributed by atoms with Crippen LogP contribution in [-0.2, 0) is 4.79 Å². The van der Waals surface area contributed by atoms with Gasteiger partial charge in [0.1, 0.15) is 23.5 Å². The van der Waals surface area contributed by atoms with E-state index >= 15 is 0 Å². The monoisotopic (exact) mass is 235 g/mol. The summed E-state index contributed by atoms with van der Waals surface area (Å²) in [6.45, 7) is 3.63. The molecule has 5 heteroatoms. The molecule has 4 nitrogen and oxygen atoms in total. The van der Waals surface area contributed by atoms with Crippen molar-refractivity contribution in [1.82, 2.24) is 0 Å². The number of nitriles is 1. The maximum atomic E-state index is 13.3. The normalized spacial score (nSPS) is 11.9. The van der Waals surface area contributed by atoms with Crippen LogP contribution < -0.4 is 11.1 Å². The molecule has 0 aliphatic carbocycles. The Hall–Kier alpha value is -2.09. The Kier molecular flexibility index (Phi) is 4.05. The lowest BCUT2D eigenvalue weighted by Gasteiger charge is -2.20. The summed E-state index contributed by atoms with van der Waals surface area (Å²) < 4.78 is 13.3. The summed E-state index contributed by atoms with van der Waals surface area (Å²) >= 11 is 0. The average Bonchev–Trinajstić information content (AvgIpc) is 2.25. The SMILES string of the molecule is CC(C)[C@@H](Nc1cccc(F)c1C#N)C(N)=O. The van der Waals surface area contributed by atoms with Gasteiger partial charge in [0, 0.05) is 0 Å². The number of hydrogen-bond acceptors (Lipinski definition) is 3. The second-order valence-electron chi connectivity index (χ2n) is 4.04. The van der Waals surface area contributed by atoms with Crippen LogP contribution in [0.2, 0.25) is 0 Å². The molecule has 0 bridgehead atoms. The summed E-state index contributed by atoms with van der Waals surface area (Å²) in [6.07, 6.45) is 0. The van der Waals surface area contributed by atoms with Crippen molar-refractivity contribution >= 4 is 11.6 Å². The van der Waals surface area contributed by atoms with Crippen molar-refractivity contribution in [3.63, 3.8) is 0 Å². The van der Waals surface area contributed by atoms with E-state index < -0.39 is 17.8 Å². The number of nitrogens with one attached hydrogen (secondary N) is 1. The van der Waals surface area contributed by atoms with Gasteiger partial charge in [0.2, 0.25) is 5.91 Å². The van der Waals surface area contributed by atoms with Crippen molar-refractivity contribution in [2.24, 2.45) is 11.7 Å². The van der Waals surface area contributed by atoms with Crippen LogP contribution in [0.4, 0.5) is 10.1 Å². The third-order valence-electron chi connectivity index (χ3n) is 2.41. The summed E-state index contributed by atoms with van der Waals surface area (Å²) in [5.41, 5.74) is 5.41. The molecule has 1 rings (SSSR count). The highest BCUT2D eigenvalue weighted by Crippen LogP contribution is 2.20. The van der Waals surface area contributed by atoms with E-state index in [0.717, 1.165) is 0 Å². The molecular formula is C12H14FN3O. The first-order chi connectivity index (χ1) is 7.97. The van der Waals surface area contributed by atoms with E-state index in [2.05, 4.69) is 5.32 Å². The number of benzene rings is 1. The van der Waals surface area contributed by atoms with Gasteiger partial charge in [-0.25, -0.2) is 4.39 Å². The highest BCUT2D eigenvalue weighted by molar-refractivity contribution is 5.83. The molecule has 0 aliphatic rings. The molecule has 17 heavy (non-hydrogen) atoms. The van der Waals surface area contributed by atoms with Crippen LogP contribution >= 0.6 is 0 Å². The standard InChI is InChI=1S/C12H14FN3O/c1-7(2)11(12(15)17)16-10-5-3-4-9(13)8(10)6-14/h3-5,7,11,16H,1-2H3,(H2,15,17)/t11-/m1/s1. The molecule has 1 aromatic carbocycles. The van der Waals surface area contributed by atoms with E-state index in [9.17, 15) is 9.18 Å². The third-order valence-corrected chi connectivity index (χ3v) is 2.41. The van der Waals surface area contributed by atoms with E-state index in [1.54, 1.807) is 12.1 Å². The Morgan fingerprint density at radius 1 is 1.53 bits per heavy atom. The molecule has 1 amide bonds. The molecule has 1 atom stereocenters. The molecule has 0 spiro atoms. The molecule has 1 aromatic rings. The quantitative estimate of drug-likeness (QED) is 0.832. The zero-order chi connectivity index (χ0) is 13.0. The Bertz CT molecular complexity index is 465. The van der Waals surface area contributed by atoms with E-state index in [1.165, 1.54) is 12.1 Å². The number of amides is 1. The van der Waals surface area contributed by atoms with Crippen LogP contribution in [-0.4, -0.2) is 11.9 Å². The van der Waals surface area contributed by atoms with Crippen molar-refractivity contribution in [1.29, 1.82) is 5.26 Å². The lowest BCUT2D eigenvalue weighted by Crippen LogP contribution is -2.39. The first-order valence-corrected chi connectivity index (χ1v) is 5.21. The minimum atomic E-state index is -0.635. The first-order valence-electron chi connectivity index (χ1n) is 5.21. The predicted octanol–water partition coefficient (Wildman–Crippen LogP) is 1.62. The number of anilines is 1. The van der Waals surface area contributed by atoms with Crippen LogP contribution in [0.15, 0.2) is 18.2 Å². The number of rotatable bonds is 4. The first kappa shape index (κ1) is 13.0. The predicted molar refractivity (Wildman–Crippen MR) is 62.6 cm³/mol. The molecule has 0 aromatic heterocycles. The van der Waals surface area contributed by atoms with Crippen LogP contribution in [0.25, 0.3) is 0 Å². The van der Waals surface area contributed by atoms with Crippen molar-refractivity contribution < 1.29 is 9.18 Å². The second-order valence-corrected chi connectivity index (χ2v) is 4.04. The number of nitrogens with zero attached hydrogens (tertiary/aromatic N) is 1. The zero-order valence-electron chi connectivity index (χ0n) is 9.70. The van der Waals surface area contributed by atoms with Crippen molar-refractivity contribution in [3.05, 3.63) is 29.6 Å². The number of hydrogen-bond donors (Lipinski definition) is 2. The molecule has 0 heterocycles. The molecule has 0 radical (unpaired) electrons. The molecule has 0 fully saturated rings. The molecule has 0 aliphatic heterocycles. The van der Waals surface area contributed by atoms with Gasteiger partial charge >= 0.3 is 0 Å². The molecule has 0 saturated heterocycles. The second kappa shape index (κ2) is 5.30. The number of carbonyl (C=O) groups is 1. The van der Waals surface area contributed by atoms with Crippen LogP contribution in [0.5, 0.6) is 0 Å². The Morgan fingerprint density at radius 2 is 2.18 bits per heavy atom. The van der Waals surface area contributed by atoms with E-state index in [-0.39, 0.29) is 17.2 Å². The van der Waals surface area contributed by atoms with Gasteiger partial charge in [-0.05, 0) is 18.1 Å². The Balaban J connectivity index is 3.06. The van der Waals surface area contributed by atoms with E-state index in [1.807, 2.05) is 13.8 Å². The van der Waals surface area contributed by atoms with Crippen molar-refractivity contribution in [2.75, 3.05) is 5.32 Å². The van der Waals surface area contributed by atoms with Gasteiger partial charge in [0.15, 0.2) is 0 Å². The molecular weight excluding hydrogens is 221 g/mol. The van der Waals surface area contributed by atoms with E-state index in [0.29, 0.717) is 0 Å². The Morgan fingerprint density at radius 3 is 2.65 bits per heavy atom. The van der Waals surface area contributed by atoms with Gasteiger partial charge in [0.05, 0.1) is 5.69 Å². The van der Waals surface area contributed by atoms with Gasteiger partial charge in [-0.2, -0.15) is 5.26 Å². The molecule has 0 saturated carbocycles. The lowest BCUT2D eigenvalue weighted by molar-refractivity contribution is -0.119. The van der Waals surface area contributed by atoms with Gasteiger partial charge < -0.3 is 11.1 Å². The summed E-state index contributed by atoms with van der Waals surface area (Å²) in [4.78, 5) is 11.2. The van der Waals surface area contributed by atoms with Gasteiger partial charge in [0.25, 0.3) is 0 Å². The number of halogens is 1. The van der Waals surface area contributed by atoms with Crippen LogP contribution in [0, 0.1) is 23.1 Å². The van der Waals surface area contributed by atoms with Gasteiger partial charge in [-0.1, -0.05) is 19.9 Å². The van der Waals surface area contributed by atoms with Crippen LogP contribution in [0.1, 0.15) is 19.4 Å². The van der Waals surface area contributed by atoms with Crippen molar-refractivity contribution in [2.45, 2.75) is 19.9 Å². The highest BCUT2D eigenvalue weighted by Gasteiger charge is 2.21. The molecule has 3 N–H and O–H groups in total. The zero-order valence-corrected chi connectivity index (χ0v) is 9.70. The van der Waals surface area contributed by atoms with Crippen LogP contribution in [0.3, 0.4) is 0 Å². The van der Waals surface area contributed by atoms with E-state index in [4.69, 9.17) is 11.0 Å². The maximum absolute atomic E-state index is 13.3. The van der Waals surface area contributed by atoms with Gasteiger partial charge in [-0.15, -0.1) is 0 Å². The molecule has 90 valence electrons. The smallest absolute Gasteiger partial charge is 0.240 e. The maximum Gasteiger partial charge on any atom is 0.240 e. The fourth-order valence-corrected chi connectivity index (χ4v) is 1.49. The summed E-state index contributed by atoms with van der Waals surface area (Å²) in [7, 11) is 0. The lowest BCUT2D eigenvalue weighted by atomic mass is 10.0. The fourth-order valence-electron chi connectivity index (χ4n) is 1.49. The largest absolute Gasteiger partial charge is 0.372 e. The number of nitrogens with two attached hydrogens (primary N) is 1. The number of carbonyl (C=O) groups excluding carboxylic acids is 1. The summed E-state index contributed by atoms with van der Waals surface area (Å²) in [6, 6.07) is 5.33. The topological polar surface area (TPSA) is 78.9 Å². The summed E-state index contributed by atoms with van der Waals surface area (Å²) in [5, 5.41) is 11.6. The highest BCUT2D eigenvalue weighted by atomic mass is 19.1. The summed E-state index contributed by atoms with van der Waals surface area (Å²) in [5.74, 6) is -1.21. The van der Waals surface area contributed by atoms with Crippen molar-refractivity contribution in [3.8, 4) is 6.07 Å². The third kappa shape index (κ3) is 2.94. The molecule has 0 unspecified atom stereocenters. The Labute approximate surface area is 99.2 Å². The minimum absolute atomic E-state index is 0.0534. The average molecular weight is 235 g/mol. The van der Waals surface area contributed by atoms with Gasteiger partial charge in [-0.3, -0.25) is 4.79 Å². The number of primary amides is 1. The minimum Gasteiger partial charge on any atom is -0.372 e.